The first-order chi connectivity index (χ1) is 14.3. The number of nitrogens with zero attached hydrogens (tertiary/aromatic N) is 2. The average molecular weight is 401 g/mol. The first-order valence-electron chi connectivity index (χ1n) is 9.49. The van der Waals surface area contributed by atoms with Gasteiger partial charge in [0.2, 0.25) is 0 Å². The number of para-hydroxylation sites is 1. The molecule has 0 aliphatic heterocycles. The van der Waals surface area contributed by atoms with Crippen molar-refractivity contribution < 1.29 is 4.74 Å². The molecule has 2 aromatic carbocycles. The zero-order valence-electron chi connectivity index (χ0n) is 16.0. The fourth-order valence-electron chi connectivity index (χ4n) is 3.55. The molecule has 29 heavy (non-hydrogen) atoms. The number of anilines is 1. The van der Waals surface area contributed by atoms with Gasteiger partial charge in [-0.1, -0.05) is 30.3 Å². The second-order valence-corrected chi connectivity index (χ2v) is 7.87. The minimum Gasteiger partial charge on any atom is -0.497 e. The molecule has 0 saturated heterocycles. The lowest BCUT2D eigenvalue weighted by Gasteiger charge is -2.05. The average Bonchev–Trinajstić information content (AvgIpc) is 3.39. The van der Waals surface area contributed by atoms with Crippen LogP contribution in [0.5, 0.6) is 5.75 Å². The number of thiophene rings is 1. The summed E-state index contributed by atoms with van der Waals surface area (Å²) >= 11 is 1.70. The van der Waals surface area contributed by atoms with E-state index in [0.717, 1.165) is 45.2 Å². The van der Waals surface area contributed by atoms with E-state index in [1.165, 1.54) is 16.5 Å². The predicted molar refractivity (Wildman–Crippen MR) is 120 cm³/mol. The van der Waals surface area contributed by atoms with Crippen molar-refractivity contribution in [2.24, 2.45) is 0 Å². The summed E-state index contributed by atoms with van der Waals surface area (Å²) in [6.07, 6.45) is 4.63. The van der Waals surface area contributed by atoms with Crippen molar-refractivity contribution in [1.29, 1.82) is 0 Å². The van der Waals surface area contributed by atoms with Crippen molar-refractivity contribution >= 4 is 38.3 Å². The zero-order chi connectivity index (χ0) is 19.6. The van der Waals surface area contributed by atoms with Gasteiger partial charge in [-0.25, -0.2) is 9.97 Å². The number of aromatic nitrogens is 3. The summed E-state index contributed by atoms with van der Waals surface area (Å²) in [7, 11) is 1.69. The molecule has 0 unspecified atom stereocenters. The van der Waals surface area contributed by atoms with E-state index in [9.17, 15) is 0 Å². The summed E-state index contributed by atoms with van der Waals surface area (Å²) in [5.41, 5.74) is 4.56. The van der Waals surface area contributed by atoms with Crippen molar-refractivity contribution in [2.75, 3.05) is 19.0 Å². The molecule has 144 valence electrons. The van der Waals surface area contributed by atoms with Gasteiger partial charge in [0, 0.05) is 28.5 Å². The van der Waals surface area contributed by atoms with Crippen molar-refractivity contribution in [2.45, 2.75) is 6.42 Å². The number of nitrogens with one attached hydrogen (secondary N) is 2. The molecule has 0 spiro atoms. The maximum Gasteiger partial charge on any atom is 0.147 e. The molecular weight excluding hydrogens is 380 g/mol. The normalized spacial score (nSPS) is 11.2. The van der Waals surface area contributed by atoms with E-state index in [2.05, 4.69) is 62.9 Å². The predicted octanol–water partition coefficient (Wildman–Crippen LogP) is 5.50. The summed E-state index contributed by atoms with van der Waals surface area (Å²) in [5.74, 6) is 1.73. The number of benzene rings is 2. The third kappa shape index (κ3) is 3.43. The maximum atomic E-state index is 5.35. The molecule has 0 bridgehead atoms. The highest BCUT2D eigenvalue weighted by Gasteiger charge is 2.11. The van der Waals surface area contributed by atoms with Crippen molar-refractivity contribution in [3.63, 3.8) is 0 Å². The third-order valence-corrected chi connectivity index (χ3v) is 6.21. The van der Waals surface area contributed by atoms with Gasteiger partial charge in [0.1, 0.15) is 17.9 Å². The van der Waals surface area contributed by atoms with Gasteiger partial charge in [-0.05, 0) is 41.8 Å². The van der Waals surface area contributed by atoms with Crippen LogP contribution in [-0.2, 0) is 6.42 Å². The zero-order valence-corrected chi connectivity index (χ0v) is 16.8. The number of hydrogen-bond acceptors (Lipinski definition) is 5. The summed E-state index contributed by atoms with van der Waals surface area (Å²) < 4.78 is 6.43. The van der Waals surface area contributed by atoms with Crippen LogP contribution in [0.15, 0.2) is 67.1 Å². The van der Waals surface area contributed by atoms with Crippen LogP contribution in [0.25, 0.3) is 31.6 Å². The molecule has 0 saturated carbocycles. The highest BCUT2D eigenvalue weighted by molar-refractivity contribution is 7.22. The van der Waals surface area contributed by atoms with Gasteiger partial charge < -0.3 is 15.0 Å². The number of aromatic amines is 1. The Kier molecular flexibility index (Phi) is 4.62. The molecule has 0 amide bonds. The van der Waals surface area contributed by atoms with E-state index in [-0.39, 0.29) is 0 Å². The van der Waals surface area contributed by atoms with Gasteiger partial charge in [0.15, 0.2) is 0 Å². The van der Waals surface area contributed by atoms with E-state index in [0.29, 0.717) is 0 Å². The van der Waals surface area contributed by atoms with Crippen LogP contribution in [0.2, 0.25) is 0 Å². The quantitative estimate of drug-likeness (QED) is 0.395. The highest BCUT2D eigenvalue weighted by atomic mass is 32.1. The Morgan fingerprint density at radius 2 is 2.00 bits per heavy atom. The van der Waals surface area contributed by atoms with E-state index in [1.807, 2.05) is 18.2 Å². The fraction of sp³-hybridized carbons (Fsp3) is 0.130. The van der Waals surface area contributed by atoms with Gasteiger partial charge >= 0.3 is 0 Å². The lowest BCUT2D eigenvalue weighted by atomic mass is 10.1. The molecule has 5 nitrogen and oxygen atoms in total. The molecular formula is C23H20N4OS. The molecule has 0 aliphatic carbocycles. The Morgan fingerprint density at radius 1 is 1.07 bits per heavy atom. The van der Waals surface area contributed by atoms with Crippen LogP contribution in [0.1, 0.15) is 5.56 Å². The second-order valence-electron chi connectivity index (χ2n) is 6.82. The molecule has 5 rings (SSSR count). The minimum absolute atomic E-state index is 0.806. The molecule has 3 aromatic heterocycles. The Hall–Kier alpha value is -3.38. The number of ether oxygens (including phenoxy) is 1. The molecule has 0 fully saturated rings. The maximum absolute atomic E-state index is 5.35. The SMILES string of the molecule is COc1cccc(-c2cc3ncnc(NCCc4c[nH]c5ccccc45)c3s2)c1. The number of methoxy groups -OCH3 is 1. The van der Waals surface area contributed by atoms with Crippen LogP contribution in [0, 0.1) is 0 Å². The number of H-pyrrole nitrogens is 1. The van der Waals surface area contributed by atoms with Crippen molar-refractivity contribution in [3.05, 3.63) is 72.7 Å². The molecule has 6 heteroatoms. The van der Waals surface area contributed by atoms with E-state index >= 15 is 0 Å². The first-order valence-corrected chi connectivity index (χ1v) is 10.3. The topological polar surface area (TPSA) is 62.8 Å². The van der Waals surface area contributed by atoms with Gasteiger partial charge in [-0.2, -0.15) is 0 Å². The fourth-order valence-corrected chi connectivity index (χ4v) is 4.63. The van der Waals surface area contributed by atoms with Crippen LogP contribution in [0.3, 0.4) is 0 Å². The minimum atomic E-state index is 0.806. The first kappa shape index (κ1) is 17.7. The van der Waals surface area contributed by atoms with Gasteiger partial charge in [-0.3, -0.25) is 0 Å². The monoisotopic (exact) mass is 400 g/mol. The lowest BCUT2D eigenvalue weighted by Crippen LogP contribution is -2.06. The molecule has 2 N–H and O–H groups in total. The Labute approximate surface area is 172 Å². The van der Waals surface area contributed by atoms with Gasteiger partial charge in [-0.15, -0.1) is 11.3 Å². The Bertz CT molecular complexity index is 1290. The van der Waals surface area contributed by atoms with Crippen LogP contribution in [-0.4, -0.2) is 28.6 Å². The number of hydrogen-bond donors (Lipinski definition) is 2. The smallest absolute Gasteiger partial charge is 0.147 e. The molecule has 0 radical (unpaired) electrons. The van der Waals surface area contributed by atoms with Gasteiger partial charge in [0.05, 0.1) is 17.3 Å². The summed E-state index contributed by atoms with van der Waals surface area (Å²) in [5, 5.41) is 4.78. The molecule has 0 aliphatic rings. The van der Waals surface area contributed by atoms with Crippen LogP contribution in [0.4, 0.5) is 5.82 Å². The third-order valence-electron chi connectivity index (χ3n) is 5.03. The van der Waals surface area contributed by atoms with E-state index < -0.39 is 0 Å². The lowest BCUT2D eigenvalue weighted by molar-refractivity contribution is 0.415. The summed E-state index contributed by atoms with van der Waals surface area (Å²) in [4.78, 5) is 13.4. The standard InChI is InChI=1S/C23H20N4OS/c1-28-17-6-4-5-15(11-17)21-12-20-22(29-21)23(27-14-26-20)24-10-9-16-13-25-19-8-3-2-7-18(16)19/h2-8,11-14,25H,9-10H2,1H3,(H,24,26,27). The number of fused-ring (bicyclic) bond motifs is 2. The van der Waals surface area contributed by atoms with E-state index in [4.69, 9.17) is 4.74 Å². The van der Waals surface area contributed by atoms with Crippen molar-refractivity contribution in [3.8, 4) is 16.2 Å². The van der Waals surface area contributed by atoms with E-state index in [1.54, 1.807) is 24.8 Å². The highest BCUT2D eigenvalue weighted by Crippen LogP contribution is 2.36. The van der Waals surface area contributed by atoms with Crippen molar-refractivity contribution in [1.82, 2.24) is 15.0 Å². The molecule has 3 heterocycles. The number of rotatable bonds is 6. The second kappa shape index (κ2) is 7.56. The Morgan fingerprint density at radius 3 is 2.93 bits per heavy atom. The van der Waals surface area contributed by atoms with Gasteiger partial charge in [0.25, 0.3) is 0 Å². The molecule has 5 aromatic rings. The Balaban J connectivity index is 1.38. The van der Waals surface area contributed by atoms with Crippen LogP contribution >= 0.6 is 11.3 Å². The molecule has 0 atom stereocenters. The summed E-state index contributed by atoms with van der Waals surface area (Å²) in [6, 6.07) is 18.6. The largest absolute Gasteiger partial charge is 0.497 e. The summed E-state index contributed by atoms with van der Waals surface area (Å²) in [6.45, 7) is 0.806. The van der Waals surface area contributed by atoms with Crippen LogP contribution < -0.4 is 10.1 Å².